The number of amides is 1. The molecule has 2 aromatic rings. The molecule has 25 heavy (non-hydrogen) atoms. The monoisotopic (exact) mass is 340 g/mol. The number of ether oxygens (including phenoxy) is 1. The van der Waals surface area contributed by atoms with Gasteiger partial charge in [-0.15, -0.1) is 0 Å². The number of carbonyl (C=O) groups excluding carboxylic acids is 1. The second-order valence-electron chi connectivity index (χ2n) is 5.08. The third-order valence-electron chi connectivity index (χ3n) is 3.36. The number of benzene rings is 1. The Kier molecular flexibility index (Phi) is 6.01. The molecule has 0 radical (unpaired) electrons. The van der Waals surface area contributed by atoms with Gasteiger partial charge >= 0.3 is 5.82 Å². The number of anilines is 1. The van der Waals surface area contributed by atoms with Crippen molar-refractivity contribution >= 4 is 17.4 Å². The van der Waals surface area contributed by atoms with Gasteiger partial charge in [0.15, 0.2) is 6.10 Å². The van der Waals surface area contributed by atoms with Crippen LogP contribution in [0.2, 0.25) is 0 Å². The predicted octanol–water partition coefficient (Wildman–Crippen LogP) is 2.70. The average molecular weight is 340 g/mol. The van der Waals surface area contributed by atoms with E-state index in [1.54, 1.807) is 24.3 Å². The lowest BCUT2D eigenvalue weighted by Gasteiger charge is -2.25. The molecule has 0 bridgehead atoms. The van der Waals surface area contributed by atoms with E-state index in [9.17, 15) is 14.9 Å². The highest BCUT2D eigenvalue weighted by atomic mass is 16.6. The molecule has 0 saturated heterocycles. The van der Waals surface area contributed by atoms with Gasteiger partial charge in [-0.05, 0) is 41.1 Å². The maximum atomic E-state index is 12.7. The molecule has 0 fully saturated rings. The molecular weight excluding hydrogens is 324 g/mol. The Hall–Kier alpha value is -3.47. The van der Waals surface area contributed by atoms with E-state index in [0.717, 1.165) is 0 Å². The summed E-state index contributed by atoms with van der Waals surface area (Å²) in [4.78, 5) is 28.1. The summed E-state index contributed by atoms with van der Waals surface area (Å²) < 4.78 is 5.47. The van der Waals surface area contributed by atoms with Crippen LogP contribution in [0, 0.1) is 21.4 Å². The molecule has 0 saturated carbocycles. The largest absolute Gasteiger partial charge is 0.473 e. The summed E-state index contributed by atoms with van der Waals surface area (Å²) in [5.74, 6) is -0.938. The predicted molar refractivity (Wildman–Crippen MR) is 90.0 cm³/mol. The molecule has 2 rings (SSSR count). The van der Waals surface area contributed by atoms with Crippen LogP contribution in [0.4, 0.5) is 11.5 Å². The molecule has 8 heteroatoms. The molecule has 128 valence electrons. The van der Waals surface area contributed by atoms with Crippen molar-refractivity contribution in [2.45, 2.75) is 19.4 Å². The fourth-order valence-electron chi connectivity index (χ4n) is 2.21. The summed E-state index contributed by atoms with van der Waals surface area (Å²) >= 11 is 0. The van der Waals surface area contributed by atoms with Crippen molar-refractivity contribution in [2.75, 3.05) is 11.4 Å². The van der Waals surface area contributed by atoms with E-state index in [1.165, 1.54) is 30.2 Å². The Balaban J connectivity index is 2.21. The summed E-state index contributed by atoms with van der Waals surface area (Å²) in [6.45, 7) is 1.70. The first kappa shape index (κ1) is 17.9. The highest BCUT2D eigenvalue weighted by Gasteiger charge is 2.26. The van der Waals surface area contributed by atoms with Gasteiger partial charge in [0.1, 0.15) is 6.20 Å². The number of nitrogens with zero attached hydrogens (tertiary/aromatic N) is 4. The van der Waals surface area contributed by atoms with Crippen LogP contribution >= 0.6 is 0 Å². The molecule has 1 aromatic heterocycles. The van der Waals surface area contributed by atoms with Crippen LogP contribution in [0.5, 0.6) is 5.75 Å². The summed E-state index contributed by atoms with van der Waals surface area (Å²) in [5, 5.41) is 19.8. The van der Waals surface area contributed by atoms with Crippen LogP contribution in [0.1, 0.15) is 13.3 Å². The fraction of sp³-hybridized carbons (Fsp3) is 0.235. The van der Waals surface area contributed by atoms with Gasteiger partial charge in [-0.2, -0.15) is 5.26 Å². The highest BCUT2D eigenvalue weighted by Crippen LogP contribution is 2.25. The molecule has 0 aliphatic rings. The molecule has 1 amide bonds. The fourth-order valence-corrected chi connectivity index (χ4v) is 2.21. The smallest absolute Gasteiger partial charge is 0.406 e. The first-order valence-corrected chi connectivity index (χ1v) is 7.54. The van der Waals surface area contributed by atoms with Gasteiger partial charge in [-0.1, -0.05) is 18.2 Å². The number of hydrogen-bond donors (Lipinski definition) is 0. The summed E-state index contributed by atoms with van der Waals surface area (Å²) in [6.07, 6.45) is 0.447. The Bertz CT molecular complexity index is 789. The van der Waals surface area contributed by atoms with Gasteiger partial charge < -0.3 is 19.8 Å². The van der Waals surface area contributed by atoms with Crippen molar-refractivity contribution in [3.63, 3.8) is 0 Å². The van der Waals surface area contributed by atoms with Crippen molar-refractivity contribution < 1.29 is 14.5 Å². The van der Waals surface area contributed by atoms with Crippen LogP contribution in [0.15, 0.2) is 48.7 Å². The summed E-state index contributed by atoms with van der Waals surface area (Å²) in [7, 11) is 0. The van der Waals surface area contributed by atoms with E-state index in [-0.39, 0.29) is 18.7 Å². The highest BCUT2D eigenvalue weighted by molar-refractivity contribution is 5.96. The Labute approximate surface area is 144 Å². The van der Waals surface area contributed by atoms with Crippen LogP contribution in [-0.4, -0.2) is 28.5 Å². The van der Waals surface area contributed by atoms with Gasteiger partial charge in [0.25, 0.3) is 5.91 Å². The van der Waals surface area contributed by atoms with Crippen molar-refractivity contribution in [2.24, 2.45) is 0 Å². The van der Waals surface area contributed by atoms with Gasteiger partial charge in [-0.3, -0.25) is 4.79 Å². The molecule has 0 N–H and O–H groups in total. The van der Waals surface area contributed by atoms with E-state index in [0.29, 0.717) is 5.69 Å². The van der Waals surface area contributed by atoms with Crippen molar-refractivity contribution in [3.8, 4) is 11.8 Å². The third-order valence-corrected chi connectivity index (χ3v) is 3.36. The zero-order chi connectivity index (χ0) is 18.2. The Morgan fingerprint density at radius 2 is 2.08 bits per heavy atom. The number of aromatic nitrogens is 1. The minimum atomic E-state index is -0.984. The first-order valence-electron chi connectivity index (χ1n) is 7.54. The molecule has 0 spiro atoms. The van der Waals surface area contributed by atoms with Crippen molar-refractivity contribution in [1.82, 2.24) is 4.98 Å². The van der Waals surface area contributed by atoms with Gasteiger partial charge in [0, 0.05) is 12.2 Å². The zero-order valence-corrected chi connectivity index (χ0v) is 13.5. The molecule has 1 heterocycles. The second-order valence-corrected chi connectivity index (χ2v) is 5.08. The molecular formula is C17H16N4O4. The lowest BCUT2D eigenvalue weighted by Crippen LogP contribution is -2.41. The number of nitriles is 1. The Morgan fingerprint density at radius 1 is 1.36 bits per heavy atom. The van der Waals surface area contributed by atoms with Crippen LogP contribution in [0.25, 0.3) is 0 Å². The first-order chi connectivity index (χ1) is 12.0. The zero-order valence-electron chi connectivity index (χ0n) is 13.5. The van der Waals surface area contributed by atoms with E-state index < -0.39 is 22.8 Å². The normalized spacial score (nSPS) is 11.2. The minimum Gasteiger partial charge on any atom is -0.473 e. The molecule has 0 aliphatic carbocycles. The van der Waals surface area contributed by atoms with E-state index in [4.69, 9.17) is 10.00 Å². The van der Waals surface area contributed by atoms with Crippen molar-refractivity contribution in [1.29, 1.82) is 5.26 Å². The maximum absolute atomic E-state index is 12.7. The number of nitro groups is 1. The van der Waals surface area contributed by atoms with E-state index in [1.807, 2.05) is 12.1 Å². The number of carbonyl (C=O) groups is 1. The van der Waals surface area contributed by atoms with Crippen LogP contribution in [0.3, 0.4) is 0 Å². The summed E-state index contributed by atoms with van der Waals surface area (Å²) in [6, 6.07) is 13.7. The van der Waals surface area contributed by atoms with E-state index >= 15 is 0 Å². The van der Waals surface area contributed by atoms with Gasteiger partial charge in [0.2, 0.25) is 5.75 Å². The molecule has 0 unspecified atom stereocenters. The topological polar surface area (TPSA) is 109 Å². The number of para-hydroxylation sites is 1. The molecule has 8 nitrogen and oxygen atoms in total. The molecule has 1 aromatic carbocycles. The van der Waals surface area contributed by atoms with Crippen molar-refractivity contribution in [3.05, 3.63) is 58.8 Å². The third kappa shape index (κ3) is 4.51. The standard InChI is InChI=1S/C17H16N4O4/c1-13(25-15-9-5-11-19-16(15)21(23)24)17(22)20(12-6-10-18)14-7-3-2-4-8-14/h2-5,7-9,11,13H,6,12H2,1H3/t13-/m0/s1. The lowest BCUT2D eigenvalue weighted by atomic mass is 10.2. The SMILES string of the molecule is C[C@H](Oc1cccnc1[N+](=O)[O-])C(=O)N(CCC#N)c1ccccc1. The number of rotatable bonds is 7. The second kappa shape index (κ2) is 8.40. The molecule has 0 aliphatic heterocycles. The van der Waals surface area contributed by atoms with E-state index in [2.05, 4.69) is 4.98 Å². The number of pyridine rings is 1. The number of hydrogen-bond acceptors (Lipinski definition) is 6. The average Bonchev–Trinajstić information content (AvgIpc) is 2.63. The summed E-state index contributed by atoms with van der Waals surface area (Å²) in [5.41, 5.74) is 0.624. The quantitative estimate of drug-likeness (QED) is 0.566. The minimum absolute atomic E-state index is 0.0818. The Morgan fingerprint density at radius 3 is 2.72 bits per heavy atom. The van der Waals surface area contributed by atoms with Gasteiger partial charge in [0.05, 0.1) is 12.5 Å². The van der Waals surface area contributed by atoms with Crippen LogP contribution < -0.4 is 9.64 Å². The molecule has 1 atom stereocenters. The van der Waals surface area contributed by atoms with Crippen LogP contribution in [-0.2, 0) is 4.79 Å². The lowest BCUT2D eigenvalue weighted by molar-refractivity contribution is -0.390. The maximum Gasteiger partial charge on any atom is 0.406 e. The van der Waals surface area contributed by atoms with Gasteiger partial charge in [-0.25, -0.2) is 0 Å².